The average molecular weight is 263 g/mol. The van der Waals surface area contributed by atoms with Crippen molar-refractivity contribution >= 4 is 27.4 Å². The van der Waals surface area contributed by atoms with Crippen LogP contribution in [-0.2, 0) is 4.74 Å². The smallest absolute Gasteiger partial charge is 0.143 e. The summed E-state index contributed by atoms with van der Waals surface area (Å²) in [7, 11) is 1.75. The summed E-state index contributed by atoms with van der Waals surface area (Å²) >= 11 is 1.60. The molecule has 1 saturated carbocycles. The molecular formula is C13H17N3OS. The summed E-state index contributed by atoms with van der Waals surface area (Å²) in [6, 6.07) is 0. The number of nitrogens with zero attached hydrogens (tertiary/aromatic N) is 2. The van der Waals surface area contributed by atoms with Crippen LogP contribution in [0.15, 0.2) is 6.20 Å². The van der Waals surface area contributed by atoms with Gasteiger partial charge in [-0.1, -0.05) is 24.2 Å². The summed E-state index contributed by atoms with van der Waals surface area (Å²) in [5.74, 6) is 0.789. The maximum absolute atomic E-state index is 6.09. The molecule has 0 aromatic carbocycles. The first-order valence-electron chi connectivity index (χ1n) is 6.23. The number of ether oxygens (including phenoxy) is 1. The van der Waals surface area contributed by atoms with E-state index in [0.717, 1.165) is 33.3 Å². The molecule has 0 bridgehead atoms. The molecule has 1 fully saturated rings. The van der Waals surface area contributed by atoms with E-state index >= 15 is 0 Å². The Morgan fingerprint density at radius 1 is 1.56 bits per heavy atom. The van der Waals surface area contributed by atoms with Gasteiger partial charge in [-0.2, -0.15) is 0 Å². The second-order valence-corrected chi connectivity index (χ2v) is 6.10. The molecule has 0 amide bonds. The van der Waals surface area contributed by atoms with Crippen molar-refractivity contribution < 1.29 is 4.74 Å². The van der Waals surface area contributed by atoms with Crippen molar-refractivity contribution in [3.63, 3.8) is 0 Å². The Labute approximate surface area is 110 Å². The second kappa shape index (κ2) is 4.48. The number of rotatable bonds is 4. The fourth-order valence-corrected chi connectivity index (χ4v) is 3.11. The number of nitrogen functional groups attached to an aromatic ring is 1. The van der Waals surface area contributed by atoms with Crippen molar-refractivity contribution in [1.82, 2.24) is 9.97 Å². The van der Waals surface area contributed by atoms with Crippen LogP contribution in [0, 0.1) is 12.8 Å². The first-order valence-corrected chi connectivity index (χ1v) is 7.05. The molecule has 5 heteroatoms. The van der Waals surface area contributed by atoms with Gasteiger partial charge in [0, 0.05) is 12.7 Å². The Morgan fingerprint density at radius 3 is 3.00 bits per heavy atom. The number of aromatic nitrogens is 2. The minimum absolute atomic E-state index is 0.0458. The van der Waals surface area contributed by atoms with Crippen LogP contribution in [0.4, 0.5) is 5.69 Å². The number of hydrogen-bond acceptors (Lipinski definition) is 5. The van der Waals surface area contributed by atoms with Gasteiger partial charge in [0.2, 0.25) is 0 Å². The highest BCUT2D eigenvalue weighted by Gasteiger charge is 2.29. The molecule has 0 radical (unpaired) electrons. The van der Waals surface area contributed by atoms with Crippen molar-refractivity contribution in [3.8, 4) is 0 Å². The highest BCUT2D eigenvalue weighted by molar-refractivity contribution is 7.18. The van der Waals surface area contributed by atoms with Crippen molar-refractivity contribution in [2.24, 2.45) is 5.92 Å². The molecule has 2 heterocycles. The van der Waals surface area contributed by atoms with E-state index in [2.05, 4.69) is 9.97 Å². The van der Waals surface area contributed by atoms with Crippen LogP contribution >= 0.6 is 11.3 Å². The predicted molar refractivity (Wildman–Crippen MR) is 73.7 cm³/mol. The van der Waals surface area contributed by atoms with Gasteiger partial charge in [0.25, 0.3) is 0 Å². The van der Waals surface area contributed by atoms with E-state index in [1.807, 2.05) is 6.92 Å². The van der Waals surface area contributed by atoms with Gasteiger partial charge in [0.05, 0.1) is 23.0 Å². The summed E-state index contributed by atoms with van der Waals surface area (Å²) in [6.07, 6.45) is 5.43. The topological polar surface area (TPSA) is 61.0 Å². The van der Waals surface area contributed by atoms with Gasteiger partial charge in [0.1, 0.15) is 10.3 Å². The first-order chi connectivity index (χ1) is 8.69. The number of pyridine rings is 1. The summed E-state index contributed by atoms with van der Waals surface area (Å²) in [5.41, 5.74) is 8.73. The standard InChI is InChI=1S/C13H17N3OS/c1-7-16-12-11(9(14)6-15-13(12)18-7)10(17-2)5-8-3-4-8/h6,8,10H,3-5,14H2,1-2H3. The van der Waals surface area contributed by atoms with Crippen LogP contribution < -0.4 is 5.73 Å². The lowest BCUT2D eigenvalue weighted by Gasteiger charge is -2.17. The third-order valence-corrected chi connectivity index (χ3v) is 4.33. The Kier molecular flexibility index (Phi) is 2.95. The van der Waals surface area contributed by atoms with Gasteiger partial charge in [-0.25, -0.2) is 9.97 Å². The molecule has 2 aromatic heterocycles. The summed E-state index contributed by atoms with van der Waals surface area (Å²) in [4.78, 5) is 9.87. The maximum atomic E-state index is 6.09. The van der Waals surface area contributed by atoms with Crippen LogP contribution in [0.3, 0.4) is 0 Å². The molecule has 2 aromatic rings. The molecule has 4 nitrogen and oxygen atoms in total. The zero-order chi connectivity index (χ0) is 12.7. The van der Waals surface area contributed by atoms with Crippen LogP contribution in [0.25, 0.3) is 10.3 Å². The molecule has 0 saturated heterocycles. The van der Waals surface area contributed by atoms with Gasteiger partial charge in [-0.15, -0.1) is 0 Å². The lowest BCUT2D eigenvalue weighted by Crippen LogP contribution is -2.07. The number of methoxy groups -OCH3 is 1. The molecule has 2 N–H and O–H groups in total. The van der Waals surface area contributed by atoms with E-state index in [4.69, 9.17) is 10.5 Å². The Hall–Kier alpha value is -1.20. The van der Waals surface area contributed by atoms with E-state index in [9.17, 15) is 0 Å². The molecule has 96 valence electrons. The zero-order valence-electron chi connectivity index (χ0n) is 10.6. The largest absolute Gasteiger partial charge is 0.397 e. The number of nitrogens with two attached hydrogens (primary N) is 1. The van der Waals surface area contributed by atoms with E-state index in [1.54, 1.807) is 24.6 Å². The molecule has 1 unspecified atom stereocenters. The van der Waals surface area contributed by atoms with E-state index < -0.39 is 0 Å². The van der Waals surface area contributed by atoms with E-state index in [0.29, 0.717) is 5.69 Å². The molecule has 1 aliphatic carbocycles. The molecule has 0 aliphatic heterocycles. The van der Waals surface area contributed by atoms with Gasteiger partial charge >= 0.3 is 0 Å². The third-order valence-electron chi connectivity index (χ3n) is 3.45. The normalized spacial score (nSPS) is 17.2. The number of thiazole rings is 1. The van der Waals surface area contributed by atoms with Gasteiger partial charge < -0.3 is 10.5 Å². The molecule has 1 aliphatic rings. The maximum Gasteiger partial charge on any atom is 0.143 e. The van der Waals surface area contributed by atoms with Crippen LogP contribution in [0.2, 0.25) is 0 Å². The highest BCUT2D eigenvalue weighted by Crippen LogP contribution is 2.42. The van der Waals surface area contributed by atoms with Crippen molar-refractivity contribution in [1.29, 1.82) is 0 Å². The average Bonchev–Trinajstić information content (AvgIpc) is 3.07. The van der Waals surface area contributed by atoms with Gasteiger partial charge in [-0.3, -0.25) is 0 Å². The van der Waals surface area contributed by atoms with Gasteiger partial charge in [0.15, 0.2) is 0 Å². The fourth-order valence-electron chi connectivity index (χ4n) is 2.34. The Morgan fingerprint density at radius 2 is 2.33 bits per heavy atom. The lowest BCUT2D eigenvalue weighted by molar-refractivity contribution is 0.0922. The zero-order valence-corrected chi connectivity index (χ0v) is 11.5. The Balaban J connectivity index is 2.08. The SMILES string of the molecule is COC(CC1CC1)c1c(N)cnc2sc(C)nc12. The summed E-state index contributed by atoms with van der Waals surface area (Å²) in [6.45, 7) is 2.00. The highest BCUT2D eigenvalue weighted by atomic mass is 32.1. The van der Waals surface area contributed by atoms with Crippen LogP contribution in [-0.4, -0.2) is 17.1 Å². The molecule has 18 heavy (non-hydrogen) atoms. The minimum atomic E-state index is 0.0458. The van der Waals surface area contributed by atoms with E-state index in [1.165, 1.54) is 12.8 Å². The van der Waals surface area contributed by atoms with E-state index in [-0.39, 0.29) is 6.10 Å². The molecular weight excluding hydrogens is 246 g/mol. The molecule has 1 atom stereocenters. The third kappa shape index (κ3) is 2.08. The molecule has 3 rings (SSSR count). The van der Waals surface area contributed by atoms with Crippen molar-refractivity contribution in [3.05, 3.63) is 16.8 Å². The minimum Gasteiger partial charge on any atom is -0.397 e. The van der Waals surface area contributed by atoms with Gasteiger partial charge in [-0.05, 0) is 19.3 Å². The summed E-state index contributed by atoms with van der Waals surface area (Å²) < 4.78 is 5.64. The quantitative estimate of drug-likeness (QED) is 0.921. The molecule has 0 spiro atoms. The number of anilines is 1. The summed E-state index contributed by atoms with van der Waals surface area (Å²) in [5, 5.41) is 1.02. The Bertz CT molecular complexity index is 577. The van der Waals surface area contributed by atoms with Crippen LogP contribution in [0.1, 0.15) is 35.9 Å². The number of fused-ring (bicyclic) bond motifs is 1. The lowest BCUT2D eigenvalue weighted by atomic mass is 10.0. The van der Waals surface area contributed by atoms with Crippen molar-refractivity contribution in [2.75, 3.05) is 12.8 Å². The van der Waals surface area contributed by atoms with Crippen LogP contribution in [0.5, 0.6) is 0 Å². The fraction of sp³-hybridized carbons (Fsp3) is 0.538. The van der Waals surface area contributed by atoms with Crippen molar-refractivity contribution in [2.45, 2.75) is 32.3 Å². The predicted octanol–water partition coefficient (Wildman–Crippen LogP) is 3.07. The second-order valence-electron chi connectivity index (χ2n) is 4.92. The monoisotopic (exact) mass is 263 g/mol. The number of hydrogen-bond donors (Lipinski definition) is 1. The number of aryl methyl sites for hydroxylation is 1. The first kappa shape index (κ1) is 11.9.